The standard InChI is InChI=1S/C9H17BrN2/c1-8(10)7-11-9-3-5-12(2)6-4-9/h9,11H,1,3-7H2,2H3. The van der Waals surface area contributed by atoms with Crippen molar-refractivity contribution in [2.45, 2.75) is 18.9 Å². The maximum atomic E-state index is 3.80. The van der Waals surface area contributed by atoms with Crippen molar-refractivity contribution in [1.82, 2.24) is 10.2 Å². The molecule has 1 aliphatic rings. The highest BCUT2D eigenvalue weighted by Gasteiger charge is 2.15. The second-order valence-corrected chi connectivity index (χ2v) is 4.60. The summed E-state index contributed by atoms with van der Waals surface area (Å²) in [5.41, 5.74) is 0. The lowest BCUT2D eigenvalue weighted by Crippen LogP contribution is -2.41. The Morgan fingerprint density at radius 2 is 2.17 bits per heavy atom. The first-order chi connectivity index (χ1) is 5.68. The fraction of sp³-hybridized carbons (Fsp3) is 0.778. The number of likely N-dealkylation sites (tertiary alicyclic amines) is 1. The number of nitrogens with one attached hydrogen (secondary N) is 1. The lowest BCUT2D eigenvalue weighted by atomic mass is 10.1. The normalized spacial score (nSPS) is 21.2. The lowest BCUT2D eigenvalue weighted by molar-refractivity contribution is 0.238. The van der Waals surface area contributed by atoms with Gasteiger partial charge in [-0.3, -0.25) is 0 Å². The van der Waals surface area contributed by atoms with E-state index in [1.54, 1.807) is 0 Å². The quantitative estimate of drug-likeness (QED) is 0.796. The third-order valence-corrected chi connectivity index (χ3v) is 2.58. The molecule has 0 spiro atoms. The van der Waals surface area contributed by atoms with Gasteiger partial charge in [0, 0.05) is 17.1 Å². The van der Waals surface area contributed by atoms with Gasteiger partial charge in [0.2, 0.25) is 0 Å². The maximum Gasteiger partial charge on any atom is 0.0268 e. The summed E-state index contributed by atoms with van der Waals surface area (Å²) >= 11 is 3.35. The first-order valence-corrected chi connectivity index (χ1v) is 5.23. The van der Waals surface area contributed by atoms with Crippen molar-refractivity contribution in [3.8, 4) is 0 Å². The van der Waals surface area contributed by atoms with Crippen LogP contribution in [-0.4, -0.2) is 37.6 Å². The topological polar surface area (TPSA) is 15.3 Å². The van der Waals surface area contributed by atoms with Gasteiger partial charge in [0.1, 0.15) is 0 Å². The van der Waals surface area contributed by atoms with Crippen LogP contribution in [0.25, 0.3) is 0 Å². The summed E-state index contributed by atoms with van der Waals surface area (Å²) in [6.07, 6.45) is 2.52. The Kier molecular flexibility index (Phi) is 4.26. The van der Waals surface area contributed by atoms with Crippen LogP contribution in [0.3, 0.4) is 0 Å². The van der Waals surface area contributed by atoms with Crippen LogP contribution in [0.4, 0.5) is 0 Å². The van der Waals surface area contributed by atoms with Crippen molar-refractivity contribution in [2.75, 3.05) is 26.7 Å². The molecule has 1 rings (SSSR count). The van der Waals surface area contributed by atoms with Crippen LogP contribution in [0.2, 0.25) is 0 Å². The zero-order valence-electron chi connectivity index (χ0n) is 7.65. The summed E-state index contributed by atoms with van der Waals surface area (Å²) in [5.74, 6) is 0. The van der Waals surface area contributed by atoms with Crippen LogP contribution in [0, 0.1) is 0 Å². The Morgan fingerprint density at radius 1 is 1.58 bits per heavy atom. The zero-order chi connectivity index (χ0) is 8.97. The van der Waals surface area contributed by atoms with Gasteiger partial charge in [-0.1, -0.05) is 22.5 Å². The van der Waals surface area contributed by atoms with Crippen molar-refractivity contribution in [2.24, 2.45) is 0 Å². The molecule has 0 bridgehead atoms. The molecule has 0 amide bonds. The van der Waals surface area contributed by atoms with E-state index in [1.807, 2.05) is 0 Å². The molecular formula is C9H17BrN2. The number of hydrogen-bond acceptors (Lipinski definition) is 2. The fourth-order valence-electron chi connectivity index (χ4n) is 1.47. The molecule has 70 valence electrons. The van der Waals surface area contributed by atoms with E-state index < -0.39 is 0 Å². The van der Waals surface area contributed by atoms with Gasteiger partial charge in [-0.2, -0.15) is 0 Å². The third-order valence-electron chi connectivity index (χ3n) is 2.30. The van der Waals surface area contributed by atoms with Crippen LogP contribution in [0.5, 0.6) is 0 Å². The molecule has 0 aliphatic carbocycles. The molecule has 1 heterocycles. The van der Waals surface area contributed by atoms with Crippen molar-refractivity contribution < 1.29 is 0 Å². The molecule has 1 aliphatic heterocycles. The molecule has 0 unspecified atom stereocenters. The van der Waals surface area contributed by atoms with E-state index in [2.05, 4.69) is 39.8 Å². The minimum Gasteiger partial charge on any atom is -0.309 e. The van der Waals surface area contributed by atoms with Crippen molar-refractivity contribution in [3.63, 3.8) is 0 Å². The van der Waals surface area contributed by atoms with Gasteiger partial charge >= 0.3 is 0 Å². The summed E-state index contributed by atoms with van der Waals surface area (Å²) in [7, 11) is 2.18. The fourth-order valence-corrected chi connectivity index (χ4v) is 1.63. The SMILES string of the molecule is C=C(Br)CNC1CCN(C)CC1. The largest absolute Gasteiger partial charge is 0.309 e. The highest BCUT2D eigenvalue weighted by Crippen LogP contribution is 2.09. The highest BCUT2D eigenvalue weighted by molar-refractivity contribution is 9.11. The molecular weight excluding hydrogens is 216 g/mol. The van der Waals surface area contributed by atoms with E-state index in [1.165, 1.54) is 25.9 Å². The highest BCUT2D eigenvalue weighted by atomic mass is 79.9. The molecule has 0 aromatic heterocycles. The first-order valence-electron chi connectivity index (χ1n) is 4.43. The number of hydrogen-bond donors (Lipinski definition) is 1. The predicted molar refractivity (Wildman–Crippen MR) is 56.6 cm³/mol. The van der Waals surface area contributed by atoms with Gasteiger partial charge in [-0.25, -0.2) is 0 Å². The summed E-state index contributed by atoms with van der Waals surface area (Å²) in [4.78, 5) is 2.38. The van der Waals surface area contributed by atoms with E-state index in [0.717, 1.165) is 11.0 Å². The maximum absolute atomic E-state index is 3.80. The van der Waals surface area contributed by atoms with Crippen molar-refractivity contribution >= 4 is 15.9 Å². The van der Waals surface area contributed by atoms with Crippen molar-refractivity contribution in [1.29, 1.82) is 0 Å². The number of rotatable bonds is 3. The van der Waals surface area contributed by atoms with Crippen molar-refractivity contribution in [3.05, 3.63) is 11.1 Å². The summed E-state index contributed by atoms with van der Waals surface area (Å²) in [5, 5.41) is 3.47. The molecule has 0 saturated carbocycles. The Balaban J connectivity index is 2.13. The van der Waals surface area contributed by atoms with E-state index in [4.69, 9.17) is 0 Å². The summed E-state index contributed by atoms with van der Waals surface area (Å²) < 4.78 is 1.04. The number of halogens is 1. The second-order valence-electron chi connectivity index (χ2n) is 3.48. The zero-order valence-corrected chi connectivity index (χ0v) is 9.23. The Hall–Kier alpha value is 0.140. The average molecular weight is 233 g/mol. The van der Waals surface area contributed by atoms with Gasteiger partial charge in [0.25, 0.3) is 0 Å². The molecule has 3 heteroatoms. The van der Waals surface area contributed by atoms with E-state index in [0.29, 0.717) is 6.04 Å². The van der Waals surface area contributed by atoms with Gasteiger partial charge in [-0.05, 0) is 33.0 Å². The minimum absolute atomic E-state index is 0.690. The van der Waals surface area contributed by atoms with Gasteiger partial charge in [0.15, 0.2) is 0 Å². The van der Waals surface area contributed by atoms with Crippen LogP contribution in [0.1, 0.15) is 12.8 Å². The van der Waals surface area contributed by atoms with Crippen LogP contribution < -0.4 is 5.32 Å². The van der Waals surface area contributed by atoms with Gasteiger partial charge in [0.05, 0.1) is 0 Å². The summed E-state index contributed by atoms with van der Waals surface area (Å²) in [6, 6.07) is 0.690. The number of nitrogens with zero attached hydrogens (tertiary/aromatic N) is 1. The van der Waals surface area contributed by atoms with E-state index in [9.17, 15) is 0 Å². The molecule has 2 nitrogen and oxygen atoms in total. The Morgan fingerprint density at radius 3 is 2.67 bits per heavy atom. The third kappa shape index (κ3) is 3.70. The van der Waals surface area contributed by atoms with E-state index >= 15 is 0 Å². The first kappa shape index (κ1) is 10.2. The molecule has 1 saturated heterocycles. The minimum atomic E-state index is 0.690. The molecule has 1 N–H and O–H groups in total. The Labute approximate surface area is 83.1 Å². The second kappa shape index (κ2) is 5.00. The van der Waals surface area contributed by atoms with E-state index in [-0.39, 0.29) is 0 Å². The predicted octanol–water partition coefficient (Wildman–Crippen LogP) is 1.58. The van der Waals surface area contributed by atoms with Crippen LogP contribution in [-0.2, 0) is 0 Å². The van der Waals surface area contributed by atoms with Gasteiger partial charge < -0.3 is 10.2 Å². The molecule has 0 radical (unpaired) electrons. The van der Waals surface area contributed by atoms with Crippen LogP contribution in [0.15, 0.2) is 11.1 Å². The monoisotopic (exact) mass is 232 g/mol. The smallest absolute Gasteiger partial charge is 0.0268 e. The number of piperidine rings is 1. The summed E-state index contributed by atoms with van der Waals surface area (Å²) in [6.45, 7) is 7.12. The lowest BCUT2D eigenvalue weighted by Gasteiger charge is -2.29. The molecule has 0 aromatic rings. The molecule has 12 heavy (non-hydrogen) atoms. The molecule has 0 aromatic carbocycles. The average Bonchev–Trinajstić information content (AvgIpc) is 2.03. The van der Waals surface area contributed by atoms with Gasteiger partial charge in [-0.15, -0.1) is 0 Å². The molecule has 0 atom stereocenters. The van der Waals surface area contributed by atoms with Crippen LogP contribution >= 0.6 is 15.9 Å². The Bertz CT molecular complexity index is 151. The molecule has 1 fully saturated rings.